The van der Waals surface area contributed by atoms with Crippen LogP contribution < -0.4 is 4.90 Å². The van der Waals surface area contributed by atoms with Gasteiger partial charge in [-0.1, -0.05) is 133 Å². The van der Waals surface area contributed by atoms with Gasteiger partial charge in [0.15, 0.2) is 0 Å². The number of furan rings is 1. The summed E-state index contributed by atoms with van der Waals surface area (Å²) in [4.78, 5) is 2.31. The van der Waals surface area contributed by atoms with Crippen LogP contribution in [-0.4, -0.2) is 0 Å². The quantitative estimate of drug-likeness (QED) is 0.185. The summed E-state index contributed by atoms with van der Waals surface area (Å²) in [5.41, 5.74) is 12.2. The van der Waals surface area contributed by atoms with E-state index >= 15 is 0 Å². The van der Waals surface area contributed by atoms with Gasteiger partial charge in [0.1, 0.15) is 11.2 Å². The number of anilines is 3. The van der Waals surface area contributed by atoms with Crippen molar-refractivity contribution in [3.05, 3.63) is 188 Å². The molecular formula is C46H31NO. The van der Waals surface area contributed by atoms with Crippen LogP contribution in [0.25, 0.3) is 66.1 Å². The summed E-state index contributed by atoms with van der Waals surface area (Å²) in [5, 5.41) is 4.73. The molecule has 8 aromatic carbocycles. The minimum atomic E-state index is 0.877. The zero-order chi connectivity index (χ0) is 31.9. The number of rotatable bonds is 6. The molecular weight excluding hydrogens is 583 g/mol. The number of nitrogens with zero attached hydrogens (tertiary/aromatic N) is 1. The van der Waals surface area contributed by atoms with E-state index in [1.165, 1.54) is 44.2 Å². The van der Waals surface area contributed by atoms with Gasteiger partial charge in [-0.15, -0.1) is 0 Å². The third-order valence-electron chi connectivity index (χ3n) is 9.28. The first kappa shape index (κ1) is 27.9. The lowest BCUT2D eigenvalue weighted by molar-refractivity contribution is 0.669. The highest BCUT2D eigenvalue weighted by Crippen LogP contribution is 2.40. The molecule has 0 spiro atoms. The van der Waals surface area contributed by atoms with Crippen LogP contribution in [0.2, 0.25) is 0 Å². The average Bonchev–Trinajstić information content (AvgIpc) is 3.54. The van der Waals surface area contributed by atoms with E-state index in [1.54, 1.807) is 0 Å². The Balaban J connectivity index is 1.12. The number of para-hydroxylation sites is 1. The Kier molecular flexibility index (Phi) is 6.84. The van der Waals surface area contributed by atoms with Crippen molar-refractivity contribution < 1.29 is 4.42 Å². The molecule has 0 aliphatic heterocycles. The van der Waals surface area contributed by atoms with Gasteiger partial charge in [0.25, 0.3) is 0 Å². The average molecular weight is 614 g/mol. The highest BCUT2D eigenvalue weighted by Gasteiger charge is 2.16. The monoisotopic (exact) mass is 613 g/mol. The lowest BCUT2D eigenvalue weighted by Gasteiger charge is -2.26. The molecule has 0 radical (unpaired) electrons. The third kappa shape index (κ3) is 5.01. The maximum Gasteiger partial charge on any atom is 0.137 e. The van der Waals surface area contributed by atoms with E-state index in [0.29, 0.717) is 0 Å². The molecule has 0 saturated carbocycles. The second-order valence-corrected chi connectivity index (χ2v) is 12.2. The van der Waals surface area contributed by atoms with Crippen molar-refractivity contribution in [1.29, 1.82) is 0 Å². The molecule has 2 nitrogen and oxygen atoms in total. The predicted molar refractivity (Wildman–Crippen MR) is 202 cm³/mol. The molecule has 0 aliphatic carbocycles. The first-order valence-electron chi connectivity index (χ1n) is 16.3. The molecule has 0 saturated heterocycles. The Labute approximate surface area is 279 Å². The van der Waals surface area contributed by atoms with Gasteiger partial charge in [-0.2, -0.15) is 0 Å². The topological polar surface area (TPSA) is 16.4 Å². The van der Waals surface area contributed by atoms with Crippen molar-refractivity contribution in [3.63, 3.8) is 0 Å². The smallest absolute Gasteiger partial charge is 0.137 e. The number of benzene rings is 8. The van der Waals surface area contributed by atoms with Crippen LogP contribution in [0, 0.1) is 0 Å². The minimum absolute atomic E-state index is 0.877. The molecule has 9 rings (SSSR count). The van der Waals surface area contributed by atoms with E-state index in [2.05, 4.69) is 181 Å². The van der Waals surface area contributed by atoms with Gasteiger partial charge < -0.3 is 9.32 Å². The summed E-state index contributed by atoms with van der Waals surface area (Å²) in [6.07, 6.45) is 0. The van der Waals surface area contributed by atoms with E-state index in [1.807, 2.05) is 12.1 Å². The molecule has 2 heteroatoms. The summed E-state index contributed by atoms with van der Waals surface area (Å²) in [6, 6.07) is 66.9. The number of hydrogen-bond acceptors (Lipinski definition) is 2. The molecule has 9 aromatic rings. The highest BCUT2D eigenvalue weighted by molar-refractivity contribution is 6.06. The number of hydrogen-bond donors (Lipinski definition) is 0. The maximum absolute atomic E-state index is 6.32. The molecule has 1 heterocycles. The zero-order valence-corrected chi connectivity index (χ0v) is 26.3. The molecule has 1 aromatic heterocycles. The fourth-order valence-corrected chi connectivity index (χ4v) is 6.87. The molecule has 48 heavy (non-hydrogen) atoms. The van der Waals surface area contributed by atoms with Crippen LogP contribution in [0.4, 0.5) is 17.1 Å². The van der Waals surface area contributed by atoms with Gasteiger partial charge in [-0.05, 0) is 92.7 Å². The Bertz CT molecular complexity index is 2530. The summed E-state index contributed by atoms with van der Waals surface area (Å²) in [6.45, 7) is 0. The molecule has 0 fully saturated rings. The summed E-state index contributed by atoms with van der Waals surface area (Å²) in [5.74, 6) is 0. The largest absolute Gasteiger partial charge is 0.456 e. The Morgan fingerprint density at radius 3 is 1.58 bits per heavy atom. The van der Waals surface area contributed by atoms with E-state index in [-0.39, 0.29) is 0 Å². The van der Waals surface area contributed by atoms with Crippen LogP contribution >= 0.6 is 0 Å². The maximum atomic E-state index is 6.32. The second kappa shape index (κ2) is 11.8. The van der Waals surface area contributed by atoms with Gasteiger partial charge in [0.2, 0.25) is 0 Å². The highest BCUT2D eigenvalue weighted by atomic mass is 16.3. The van der Waals surface area contributed by atoms with Crippen LogP contribution in [0.15, 0.2) is 192 Å². The summed E-state index contributed by atoms with van der Waals surface area (Å²) in [7, 11) is 0. The first-order chi connectivity index (χ1) is 23.8. The fraction of sp³-hybridized carbons (Fsp3) is 0. The van der Waals surface area contributed by atoms with Crippen molar-refractivity contribution in [2.45, 2.75) is 0 Å². The molecule has 0 atom stereocenters. The van der Waals surface area contributed by atoms with Gasteiger partial charge in [0, 0.05) is 33.9 Å². The standard InChI is InChI=1S/C46H31NO/c1-3-10-32(11-4-1)34-18-23-38(24-19-34)47(40-27-29-44-43-15-7-8-17-45(43)48-46(44)31-40)39-25-20-35(21-26-39)41-16-9-14-37-30-36(22-28-42(37)41)33-12-5-2-6-13-33/h1-31H. The van der Waals surface area contributed by atoms with Crippen molar-refractivity contribution in [2.24, 2.45) is 0 Å². The van der Waals surface area contributed by atoms with Crippen LogP contribution in [-0.2, 0) is 0 Å². The van der Waals surface area contributed by atoms with Crippen LogP contribution in [0.3, 0.4) is 0 Å². The van der Waals surface area contributed by atoms with E-state index < -0.39 is 0 Å². The summed E-state index contributed by atoms with van der Waals surface area (Å²) >= 11 is 0. The summed E-state index contributed by atoms with van der Waals surface area (Å²) < 4.78 is 6.32. The SMILES string of the molecule is c1ccc(-c2ccc(N(c3ccc(-c4cccc5cc(-c6ccccc6)ccc45)cc3)c3ccc4c(c3)oc3ccccc34)cc2)cc1. The molecule has 0 bridgehead atoms. The fourth-order valence-electron chi connectivity index (χ4n) is 6.87. The first-order valence-corrected chi connectivity index (χ1v) is 16.3. The Morgan fingerprint density at radius 1 is 0.312 bits per heavy atom. The normalized spacial score (nSPS) is 11.3. The van der Waals surface area contributed by atoms with Crippen molar-refractivity contribution in [3.8, 4) is 33.4 Å². The van der Waals surface area contributed by atoms with E-state index in [0.717, 1.165) is 39.0 Å². The Hall–Kier alpha value is -6.38. The van der Waals surface area contributed by atoms with Gasteiger partial charge in [0.05, 0.1) is 0 Å². The number of fused-ring (bicyclic) bond motifs is 4. The molecule has 226 valence electrons. The van der Waals surface area contributed by atoms with Gasteiger partial charge in [-0.3, -0.25) is 0 Å². The van der Waals surface area contributed by atoms with Crippen molar-refractivity contribution in [2.75, 3.05) is 4.90 Å². The minimum Gasteiger partial charge on any atom is -0.456 e. The lowest BCUT2D eigenvalue weighted by Crippen LogP contribution is -2.09. The van der Waals surface area contributed by atoms with Gasteiger partial charge in [-0.25, -0.2) is 0 Å². The van der Waals surface area contributed by atoms with Crippen LogP contribution in [0.5, 0.6) is 0 Å². The molecule has 0 amide bonds. The predicted octanol–water partition coefficient (Wildman–Crippen LogP) is 13.2. The van der Waals surface area contributed by atoms with Crippen molar-refractivity contribution >= 4 is 49.8 Å². The lowest BCUT2D eigenvalue weighted by atomic mass is 9.95. The van der Waals surface area contributed by atoms with E-state index in [9.17, 15) is 0 Å². The molecule has 0 unspecified atom stereocenters. The van der Waals surface area contributed by atoms with Gasteiger partial charge >= 0.3 is 0 Å². The molecule has 0 aliphatic rings. The van der Waals surface area contributed by atoms with Crippen molar-refractivity contribution in [1.82, 2.24) is 0 Å². The third-order valence-corrected chi connectivity index (χ3v) is 9.28. The Morgan fingerprint density at radius 2 is 0.854 bits per heavy atom. The molecule has 0 N–H and O–H groups in total. The second-order valence-electron chi connectivity index (χ2n) is 12.2. The zero-order valence-electron chi connectivity index (χ0n) is 26.3. The van der Waals surface area contributed by atoms with Crippen LogP contribution in [0.1, 0.15) is 0 Å². The van der Waals surface area contributed by atoms with E-state index in [4.69, 9.17) is 4.42 Å².